The first-order valence-electron chi connectivity index (χ1n) is 8.27. The van der Waals surface area contributed by atoms with E-state index in [2.05, 4.69) is 4.98 Å². The van der Waals surface area contributed by atoms with E-state index in [1.807, 2.05) is 42.5 Å². The third-order valence-electron chi connectivity index (χ3n) is 4.04. The molecule has 0 N–H and O–H groups in total. The van der Waals surface area contributed by atoms with Gasteiger partial charge in [0.05, 0.1) is 0 Å². The summed E-state index contributed by atoms with van der Waals surface area (Å²) in [6.45, 7) is 1.92. The lowest BCUT2D eigenvalue weighted by atomic mass is 10.2. The van der Waals surface area contributed by atoms with Crippen LogP contribution >= 0.6 is 0 Å². The summed E-state index contributed by atoms with van der Waals surface area (Å²) in [6.07, 6.45) is -0.800. The smallest absolute Gasteiger partial charge is 0.351 e. The number of carbonyl (C=O) groups excluding carboxylic acids is 1. The van der Waals surface area contributed by atoms with Crippen molar-refractivity contribution in [2.24, 2.45) is 0 Å². The molecule has 0 amide bonds. The number of nitrogens with zero attached hydrogens (tertiary/aromatic N) is 1. The molecule has 0 spiro atoms. The number of aromatic nitrogens is 1. The number of ether oxygens (including phenoxy) is 3. The van der Waals surface area contributed by atoms with E-state index < -0.39 is 12.1 Å². The molecule has 1 aliphatic heterocycles. The average Bonchev–Trinajstić information content (AvgIpc) is 3.07. The second-order valence-corrected chi connectivity index (χ2v) is 5.86. The quantitative estimate of drug-likeness (QED) is 0.670. The fourth-order valence-corrected chi connectivity index (χ4v) is 2.63. The number of hydrogen-bond acceptors (Lipinski definition) is 6. The molecule has 6 heteroatoms. The number of esters is 1. The first-order valence-corrected chi connectivity index (χ1v) is 8.27. The van der Waals surface area contributed by atoms with Gasteiger partial charge in [-0.15, -0.1) is 0 Å². The molecule has 0 bridgehead atoms. The van der Waals surface area contributed by atoms with Crippen molar-refractivity contribution in [2.75, 3.05) is 6.61 Å². The number of aryl methyl sites for hydroxylation is 1. The van der Waals surface area contributed by atoms with Crippen LogP contribution in [0.15, 0.2) is 59.0 Å². The van der Waals surface area contributed by atoms with Gasteiger partial charge >= 0.3 is 5.97 Å². The summed E-state index contributed by atoms with van der Waals surface area (Å²) in [4.78, 5) is 16.7. The number of para-hydroxylation sites is 2. The van der Waals surface area contributed by atoms with E-state index in [4.69, 9.17) is 18.6 Å². The van der Waals surface area contributed by atoms with Crippen LogP contribution in [0.5, 0.6) is 11.5 Å². The second kappa shape index (κ2) is 6.92. The first-order chi connectivity index (χ1) is 12.7. The van der Waals surface area contributed by atoms with E-state index in [0.717, 1.165) is 5.56 Å². The van der Waals surface area contributed by atoms with Crippen LogP contribution in [0.1, 0.15) is 11.5 Å². The minimum Gasteiger partial charge on any atom is -0.485 e. The SMILES string of the molecule is Cc1oc(-c2ccccc2)nc1COC(=O)C1COc2ccccc2O1. The maximum Gasteiger partial charge on any atom is 0.351 e. The molecule has 6 nitrogen and oxygen atoms in total. The lowest BCUT2D eigenvalue weighted by Crippen LogP contribution is -2.37. The Morgan fingerprint density at radius 3 is 2.65 bits per heavy atom. The van der Waals surface area contributed by atoms with Crippen molar-refractivity contribution < 1.29 is 23.4 Å². The van der Waals surface area contributed by atoms with Gasteiger partial charge in [0.1, 0.15) is 24.7 Å². The van der Waals surface area contributed by atoms with Crippen LogP contribution in [0.3, 0.4) is 0 Å². The molecule has 4 rings (SSSR count). The normalized spacial score (nSPS) is 15.5. The first kappa shape index (κ1) is 16.2. The van der Waals surface area contributed by atoms with Crippen LogP contribution in [0.4, 0.5) is 0 Å². The van der Waals surface area contributed by atoms with Crippen molar-refractivity contribution in [3.63, 3.8) is 0 Å². The second-order valence-electron chi connectivity index (χ2n) is 5.86. The highest BCUT2D eigenvalue weighted by molar-refractivity contribution is 5.76. The van der Waals surface area contributed by atoms with Crippen LogP contribution in [0.25, 0.3) is 11.5 Å². The van der Waals surface area contributed by atoms with Gasteiger partial charge in [-0.1, -0.05) is 30.3 Å². The molecule has 0 fully saturated rings. The molecule has 2 aromatic carbocycles. The minimum absolute atomic E-state index is 0.0164. The van der Waals surface area contributed by atoms with E-state index in [-0.39, 0.29) is 13.2 Å². The lowest BCUT2D eigenvalue weighted by molar-refractivity contribution is -0.156. The van der Waals surface area contributed by atoms with Crippen molar-refractivity contribution >= 4 is 5.97 Å². The van der Waals surface area contributed by atoms with Gasteiger partial charge < -0.3 is 18.6 Å². The average molecular weight is 351 g/mol. The van der Waals surface area contributed by atoms with E-state index >= 15 is 0 Å². The highest BCUT2D eigenvalue weighted by Gasteiger charge is 2.29. The Kier molecular flexibility index (Phi) is 4.31. The Bertz CT molecular complexity index is 919. The standard InChI is InChI=1S/C20H17NO5/c1-13-15(21-19(25-13)14-7-3-2-4-8-14)11-24-20(22)18-12-23-16-9-5-6-10-17(16)26-18/h2-10,18H,11-12H2,1H3. The Labute approximate surface area is 150 Å². The van der Waals surface area contributed by atoms with Gasteiger partial charge in [0.2, 0.25) is 12.0 Å². The van der Waals surface area contributed by atoms with Gasteiger partial charge in [-0.05, 0) is 31.2 Å². The van der Waals surface area contributed by atoms with Gasteiger partial charge in [0.15, 0.2) is 11.5 Å². The van der Waals surface area contributed by atoms with Crippen molar-refractivity contribution in [3.8, 4) is 23.0 Å². The van der Waals surface area contributed by atoms with E-state index in [1.54, 1.807) is 19.1 Å². The maximum absolute atomic E-state index is 12.3. The van der Waals surface area contributed by atoms with E-state index in [0.29, 0.717) is 28.8 Å². The third kappa shape index (κ3) is 3.26. The molecule has 1 atom stereocenters. The van der Waals surface area contributed by atoms with Crippen molar-refractivity contribution in [1.82, 2.24) is 4.98 Å². The molecule has 1 unspecified atom stereocenters. The molecule has 132 valence electrons. The number of carbonyl (C=O) groups is 1. The topological polar surface area (TPSA) is 70.8 Å². The molecule has 0 saturated carbocycles. The van der Waals surface area contributed by atoms with E-state index in [9.17, 15) is 4.79 Å². The Balaban J connectivity index is 1.40. The molecule has 1 aliphatic rings. The van der Waals surface area contributed by atoms with Gasteiger partial charge in [-0.2, -0.15) is 0 Å². The summed E-state index contributed by atoms with van der Waals surface area (Å²) < 4.78 is 22.2. The minimum atomic E-state index is -0.800. The largest absolute Gasteiger partial charge is 0.485 e. The fraction of sp³-hybridized carbons (Fsp3) is 0.200. The number of fused-ring (bicyclic) bond motifs is 1. The molecule has 2 heterocycles. The molecule has 0 aliphatic carbocycles. The summed E-state index contributed by atoms with van der Waals surface area (Å²) in [5.74, 6) is 1.77. The van der Waals surface area contributed by atoms with E-state index in [1.165, 1.54) is 0 Å². The Morgan fingerprint density at radius 2 is 1.85 bits per heavy atom. The van der Waals surface area contributed by atoms with Gasteiger partial charge in [0.25, 0.3) is 0 Å². The Hall–Kier alpha value is -3.28. The molecule has 0 radical (unpaired) electrons. The van der Waals surface area contributed by atoms with Gasteiger partial charge in [-0.25, -0.2) is 9.78 Å². The zero-order valence-electron chi connectivity index (χ0n) is 14.2. The fourth-order valence-electron chi connectivity index (χ4n) is 2.63. The number of rotatable bonds is 4. The third-order valence-corrected chi connectivity index (χ3v) is 4.04. The lowest BCUT2D eigenvalue weighted by Gasteiger charge is -2.24. The highest BCUT2D eigenvalue weighted by atomic mass is 16.6. The Morgan fingerprint density at radius 1 is 1.12 bits per heavy atom. The summed E-state index contributed by atoms with van der Waals surface area (Å²) in [7, 11) is 0. The number of oxazole rings is 1. The summed E-state index contributed by atoms with van der Waals surface area (Å²) >= 11 is 0. The molecule has 0 saturated heterocycles. The van der Waals surface area contributed by atoms with Crippen molar-refractivity contribution in [2.45, 2.75) is 19.6 Å². The van der Waals surface area contributed by atoms with Crippen LogP contribution in [0, 0.1) is 6.92 Å². The molecule has 26 heavy (non-hydrogen) atoms. The summed E-state index contributed by atoms with van der Waals surface area (Å²) in [5, 5.41) is 0. The summed E-state index contributed by atoms with van der Waals surface area (Å²) in [5.41, 5.74) is 1.45. The van der Waals surface area contributed by atoms with Gasteiger partial charge in [0, 0.05) is 5.56 Å². The highest BCUT2D eigenvalue weighted by Crippen LogP contribution is 2.31. The zero-order chi connectivity index (χ0) is 17.9. The molecular weight excluding hydrogens is 334 g/mol. The van der Waals surface area contributed by atoms with Crippen LogP contribution in [-0.2, 0) is 16.1 Å². The predicted octanol–water partition coefficient (Wildman–Crippen LogP) is 3.53. The number of benzene rings is 2. The maximum atomic E-state index is 12.3. The van der Waals surface area contributed by atoms with Crippen molar-refractivity contribution in [3.05, 3.63) is 66.1 Å². The van der Waals surface area contributed by atoms with Crippen molar-refractivity contribution in [1.29, 1.82) is 0 Å². The monoisotopic (exact) mass is 351 g/mol. The summed E-state index contributed by atoms with van der Waals surface area (Å²) in [6, 6.07) is 16.8. The molecule has 1 aromatic heterocycles. The number of hydrogen-bond donors (Lipinski definition) is 0. The predicted molar refractivity (Wildman–Crippen MR) is 92.8 cm³/mol. The van der Waals surface area contributed by atoms with Crippen LogP contribution in [-0.4, -0.2) is 23.7 Å². The zero-order valence-corrected chi connectivity index (χ0v) is 14.2. The van der Waals surface area contributed by atoms with Crippen LogP contribution < -0.4 is 9.47 Å². The molecular formula is C20H17NO5. The van der Waals surface area contributed by atoms with Gasteiger partial charge in [-0.3, -0.25) is 0 Å². The van der Waals surface area contributed by atoms with Crippen LogP contribution in [0.2, 0.25) is 0 Å². The molecule has 3 aromatic rings.